The van der Waals surface area contributed by atoms with E-state index in [1.807, 2.05) is 19.1 Å². The van der Waals surface area contributed by atoms with E-state index in [2.05, 4.69) is 9.97 Å². The maximum absolute atomic E-state index is 5.34. The molecule has 0 amide bonds. The molecule has 2 rings (SSSR count). The van der Waals surface area contributed by atoms with Crippen molar-refractivity contribution < 1.29 is 4.42 Å². The van der Waals surface area contributed by atoms with Gasteiger partial charge in [0.1, 0.15) is 5.69 Å². The lowest BCUT2D eigenvalue weighted by Crippen LogP contribution is -1.82. The minimum Gasteiger partial charge on any atom is -0.422 e. The molecule has 0 fully saturated rings. The minimum absolute atomic E-state index is 0.164. The van der Waals surface area contributed by atoms with Crippen LogP contribution in [-0.4, -0.2) is 9.97 Å². The lowest BCUT2D eigenvalue weighted by atomic mass is 10.2. The second-order valence-corrected chi connectivity index (χ2v) is 2.78. The Hall–Kier alpha value is -1.84. The summed E-state index contributed by atoms with van der Waals surface area (Å²) in [6, 6.07) is 3.99. The zero-order valence-corrected chi connectivity index (χ0v) is 7.19. The fourth-order valence-corrected chi connectivity index (χ4v) is 1.02. The number of pyridine rings is 1. The first kappa shape index (κ1) is 7.79. The number of hydrogen-bond acceptors (Lipinski definition) is 4. The first-order valence-electron chi connectivity index (χ1n) is 3.90. The summed E-state index contributed by atoms with van der Waals surface area (Å²) in [6.45, 7) is 1.98. The largest absolute Gasteiger partial charge is 0.422 e. The van der Waals surface area contributed by atoms with E-state index in [0.717, 1.165) is 11.3 Å². The molecule has 2 heterocycles. The summed E-state index contributed by atoms with van der Waals surface area (Å²) in [5.74, 6) is 0.595. The maximum Gasteiger partial charge on any atom is 0.292 e. The van der Waals surface area contributed by atoms with Gasteiger partial charge in [0.25, 0.3) is 6.01 Å². The van der Waals surface area contributed by atoms with Crippen molar-refractivity contribution in [2.75, 3.05) is 5.73 Å². The molecule has 2 N–H and O–H groups in total. The molecule has 2 aromatic rings. The number of aromatic nitrogens is 2. The van der Waals surface area contributed by atoms with Gasteiger partial charge in [-0.15, -0.1) is 0 Å². The van der Waals surface area contributed by atoms with Gasteiger partial charge in [-0.3, -0.25) is 4.98 Å². The van der Waals surface area contributed by atoms with Gasteiger partial charge >= 0.3 is 0 Å². The molecule has 0 aliphatic heterocycles. The van der Waals surface area contributed by atoms with Crippen LogP contribution in [0.2, 0.25) is 0 Å². The van der Waals surface area contributed by atoms with Crippen molar-refractivity contribution in [2.45, 2.75) is 6.92 Å². The predicted octanol–water partition coefficient (Wildman–Crippen LogP) is 1.63. The van der Waals surface area contributed by atoms with Gasteiger partial charge in [0, 0.05) is 6.20 Å². The van der Waals surface area contributed by atoms with Crippen LogP contribution in [0.1, 0.15) is 5.56 Å². The summed E-state index contributed by atoms with van der Waals surface area (Å²) in [6.07, 6.45) is 3.33. The first-order chi connectivity index (χ1) is 6.25. The minimum atomic E-state index is 0.164. The van der Waals surface area contributed by atoms with Crippen molar-refractivity contribution >= 4 is 6.01 Å². The zero-order chi connectivity index (χ0) is 9.26. The fourth-order valence-electron chi connectivity index (χ4n) is 1.02. The van der Waals surface area contributed by atoms with Gasteiger partial charge in [0.15, 0.2) is 5.76 Å². The van der Waals surface area contributed by atoms with E-state index in [1.54, 1.807) is 12.4 Å². The number of rotatable bonds is 1. The molecule has 0 bridgehead atoms. The first-order valence-corrected chi connectivity index (χ1v) is 3.90. The van der Waals surface area contributed by atoms with Crippen LogP contribution in [0.4, 0.5) is 6.01 Å². The highest BCUT2D eigenvalue weighted by atomic mass is 16.4. The quantitative estimate of drug-likeness (QED) is 0.715. The van der Waals surface area contributed by atoms with Gasteiger partial charge in [0.2, 0.25) is 0 Å². The number of anilines is 1. The zero-order valence-electron chi connectivity index (χ0n) is 7.19. The van der Waals surface area contributed by atoms with E-state index in [1.165, 1.54) is 0 Å². The molecule has 0 atom stereocenters. The van der Waals surface area contributed by atoms with Crippen LogP contribution in [0.15, 0.2) is 28.9 Å². The van der Waals surface area contributed by atoms with Gasteiger partial charge in [0.05, 0.1) is 6.20 Å². The van der Waals surface area contributed by atoms with Crippen molar-refractivity contribution in [3.63, 3.8) is 0 Å². The monoisotopic (exact) mass is 175 g/mol. The lowest BCUT2D eigenvalue weighted by molar-refractivity contribution is 0.592. The predicted molar refractivity (Wildman–Crippen MR) is 48.9 cm³/mol. The van der Waals surface area contributed by atoms with Crippen LogP contribution >= 0.6 is 0 Å². The van der Waals surface area contributed by atoms with Crippen LogP contribution in [0.3, 0.4) is 0 Å². The van der Waals surface area contributed by atoms with Crippen LogP contribution in [0.25, 0.3) is 11.5 Å². The molecule has 66 valence electrons. The molecule has 4 heteroatoms. The average molecular weight is 175 g/mol. The third-order valence-electron chi connectivity index (χ3n) is 1.69. The molecular weight excluding hydrogens is 166 g/mol. The number of hydrogen-bond donors (Lipinski definition) is 1. The number of nitrogens with zero attached hydrogens (tertiary/aromatic N) is 2. The van der Waals surface area contributed by atoms with E-state index in [9.17, 15) is 0 Å². The number of aryl methyl sites for hydroxylation is 1. The molecule has 4 nitrogen and oxygen atoms in total. The van der Waals surface area contributed by atoms with Crippen LogP contribution < -0.4 is 5.73 Å². The summed E-state index contributed by atoms with van der Waals surface area (Å²) in [5, 5.41) is 0. The maximum atomic E-state index is 5.34. The van der Waals surface area contributed by atoms with Gasteiger partial charge in [-0.25, -0.2) is 4.98 Å². The Bertz CT molecular complexity index is 405. The van der Waals surface area contributed by atoms with Crippen molar-refractivity contribution in [2.24, 2.45) is 0 Å². The summed E-state index contributed by atoms with van der Waals surface area (Å²) >= 11 is 0. The van der Waals surface area contributed by atoms with E-state index in [4.69, 9.17) is 10.2 Å². The molecule has 0 radical (unpaired) electrons. The topological polar surface area (TPSA) is 64.9 Å². The standard InChI is InChI=1S/C9H9N3O/c1-6-2-3-7(11-4-6)8-5-12-9(10)13-8/h2-5H,1H3,(H2,10,12). The van der Waals surface area contributed by atoms with Crippen LogP contribution in [0.5, 0.6) is 0 Å². The van der Waals surface area contributed by atoms with Crippen molar-refractivity contribution in [3.05, 3.63) is 30.1 Å². The Kier molecular flexibility index (Phi) is 1.73. The van der Waals surface area contributed by atoms with E-state index in [-0.39, 0.29) is 6.01 Å². The second-order valence-electron chi connectivity index (χ2n) is 2.78. The Morgan fingerprint density at radius 3 is 2.62 bits per heavy atom. The highest BCUT2D eigenvalue weighted by Crippen LogP contribution is 2.18. The second kappa shape index (κ2) is 2.90. The molecule has 0 aromatic carbocycles. The smallest absolute Gasteiger partial charge is 0.292 e. The molecule has 0 unspecified atom stereocenters. The summed E-state index contributed by atoms with van der Waals surface area (Å²) in [5.41, 5.74) is 7.19. The van der Waals surface area contributed by atoms with Gasteiger partial charge < -0.3 is 10.2 Å². The van der Waals surface area contributed by atoms with Crippen molar-refractivity contribution in [1.82, 2.24) is 9.97 Å². The Balaban J connectivity index is 2.41. The molecule has 0 saturated carbocycles. The Labute approximate surface area is 75.4 Å². The molecule has 2 aromatic heterocycles. The third kappa shape index (κ3) is 1.51. The lowest BCUT2D eigenvalue weighted by Gasteiger charge is -1.94. The van der Waals surface area contributed by atoms with Crippen molar-refractivity contribution in [3.8, 4) is 11.5 Å². The number of nitrogen functional groups attached to an aromatic ring is 1. The molecule has 0 aliphatic rings. The van der Waals surface area contributed by atoms with Crippen molar-refractivity contribution in [1.29, 1.82) is 0 Å². The fraction of sp³-hybridized carbons (Fsp3) is 0.111. The highest BCUT2D eigenvalue weighted by molar-refractivity contribution is 5.51. The molecule has 13 heavy (non-hydrogen) atoms. The Morgan fingerprint density at radius 1 is 1.23 bits per heavy atom. The molecular formula is C9H9N3O. The molecule has 0 saturated heterocycles. The van der Waals surface area contributed by atoms with Crippen LogP contribution in [-0.2, 0) is 0 Å². The summed E-state index contributed by atoms with van der Waals surface area (Å²) in [4.78, 5) is 7.96. The molecule has 0 spiro atoms. The van der Waals surface area contributed by atoms with E-state index >= 15 is 0 Å². The number of oxazole rings is 1. The summed E-state index contributed by atoms with van der Waals surface area (Å²) in [7, 11) is 0. The summed E-state index contributed by atoms with van der Waals surface area (Å²) < 4.78 is 5.11. The molecule has 0 aliphatic carbocycles. The van der Waals surface area contributed by atoms with Gasteiger partial charge in [-0.1, -0.05) is 6.07 Å². The number of nitrogens with two attached hydrogens (primary N) is 1. The van der Waals surface area contributed by atoms with Gasteiger partial charge in [-0.05, 0) is 18.6 Å². The van der Waals surface area contributed by atoms with Gasteiger partial charge in [-0.2, -0.15) is 0 Å². The van der Waals surface area contributed by atoms with E-state index < -0.39 is 0 Å². The van der Waals surface area contributed by atoms with Crippen LogP contribution in [0, 0.1) is 6.92 Å². The van der Waals surface area contributed by atoms with E-state index in [0.29, 0.717) is 5.76 Å². The Morgan fingerprint density at radius 2 is 2.08 bits per heavy atom. The third-order valence-corrected chi connectivity index (χ3v) is 1.69. The highest BCUT2D eigenvalue weighted by Gasteiger charge is 2.03. The normalized spacial score (nSPS) is 10.2. The SMILES string of the molecule is Cc1ccc(-c2cnc(N)o2)nc1. The average Bonchev–Trinajstić information content (AvgIpc) is 2.53.